The number of amides is 1. The summed E-state index contributed by atoms with van der Waals surface area (Å²) in [6.45, 7) is 0.495. The number of sulfonamides is 1. The number of nitrogens with zero attached hydrogens (tertiary/aromatic N) is 2. The molecule has 1 N–H and O–H groups in total. The van der Waals surface area contributed by atoms with Gasteiger partial charge in [0.05, 0.1) is 18.0 Å². The van der Waals surface area contributed by atoms with Crippen LogP contribution in [0.3, 0.4) is 0 Å². The van der Waals surface area contributed by atoms with Crippen LogP contribution in [0.25, 0.3) is 0 Å². The summed E-state index contributed by atoms with van der Waals surface area (Å²) in [5, 5.41) is 2.80. The summed E-state index contributed by atoms with van der Waals surface area (Å²) >= 11 is 0. The highest BCUT2D eigenvalue weighted by molar-refractivity contribution is 7.89. The molecular formula is C22H25N3O3S. The molecule has 7 heteroatoms. The largest absolute Gasteiger partial charge is 0.325 e. The van der Waals surface area contributed by atoms with Crippen molar-refractivity contribution in [3.05, 3.63) is 59.7 Å². The zero-order valence-corrected chi connectivity index (χ0v) is 17.4. The Morgan fingerprint density at radius 3 is 2.69 bits per heavy atom. The lowest BCUT2D eigenvalue weighted by molar-refractivity contribution is -0.117. The topological polar surface area (TPSA) is 69.7 Å². The van der Waals surface area contributed by atoms with E-state index in [0.29, 0.717) is 12.2 Å². The van der Waals surface area contributed by atoms with Gasteiger partial charge in [-0.15, -0.1) is 6.42 Å². The fourth-order valence-electron chi connectivity index (χ4n) is 3.64. The molecule has 1 amide bonds. The average Bonchev–Trinajstić information content (AvgIpc) is 3.12. The predicted molar refractivity (Wildman–Crippen MR) is 114 cm³/mol. The molecule has 2 aromatic rings. The molecule has 0 saturated carbocycles. The minimum absolute atomic E-state index is 0.105. The standard InChI is InChI=1S/C22H25N3O3S/c1-4-14-25(21-13-12-17-8-5-6-11-20(17)21)16-22(26)23-18-9-7-10-19(15-18)29(27,28)24(2)3/h1,5-11,15,21H,12-14,16H2,2-3H3,(H,23,26). The van der Waals surface area contributed by atoms with E-state index in [9.17, 15) is 13.2 Å². The number of benzene rings is 2. The maximum atomic E-state index is 12.7. The lowest BCUT2D eigenvalue weighted by Gasteiger charge is -2.27. The Balaban J connectivity index is 1.73. The van der Waals surface area contributed by atoms with Gasteiger partial charge < -0.3 is 5.32 Å². The summed E-state index contributed by atoms with van der Waals surface area (Å²) < 4.78 is 25.8. The van der Waals surface area contributed by atoms with Gasteiger partial charge in [-0.25, -0.2) is 12.7 Å². The molecule has 0 aliphatic heterocycles. The third kappa shape index (κ3) is 4.67. The van der Waals surface area contributed by atoms with Gasteiger partial charge in [0.1, 0.15) is 0 Å². The van der Waals surface area contributed by atoms with Gasteiger partial charge in [-0.1, -0.05) is 36.3 Å². The number of aryl methyl sites for hydroxylation is 1. The Kier molecular flexibility index (Phi) is 6.38. The van der Waals surface area contributed by atoms with E-state index < -0.39 is 10.0 Å². The van der Waals surface area contributed by atoms with Crippen molar-refractivity contribution >= 4 is 21.6 Å². The monoisotopic (exact) mass is 411 g/mol. The second-order valence-corrected chi connectivity index (χ2v) is 9.38. The van der Waals surface area contributed by atoms with Gasteiger partial charge >= 0.3 is 0 Å². The van der Waals surface area contributed by atoms with Gasteiger partial charge in [-0.3, -0.25) is 9.69 Å². The number of hydrogen-bond donors (Lipinski definition) is 1. The fourth-order valence-corrected chi connectivity index (χ4v) is 4.59. The molecule has 1 atom stereocenters. The third-order valence-electron chi connectivity index (χ3n) is 5.08. The predicted octanol–water partition coefficient (Wildman–Crippen LogP) is 2.50. The van der Waals surface area contributed by atoms with Gasteiger partial charge in [-0.2, -0.15) is 0 Å². The first-order chi connectivity index (χ1) is 13.8. The van der Waals surface area contributed by atoms with Crippen molar-refractivity contribution in [2.45, 2.75) is 23.8 Å². The van der Waals surface area contributed by atoms with Gasteiger partial charge in [0.15, 0.2) is 0 Å². The van der Waals surface area contributed by atoms with Crippen LogP contribution in [0, 0.1) is 12.3 Å². The summed E-state index contributed by atoms with van der Waals surface area (Å²) in [5.74, 6) is 2.41. The molecule has 0 fully saturated rings. The van der Waals surface area contributed by atoms with Crippen molar-refractivity contribution in [1.29, 1.82) is 0 Å². The van der Waals surface area contributed by atoms with Crippen LogP contribution in [0.5, 0.6) is 0 Å². The zero-order chi connectivity index (χ0) is 21.0. The summed E-state index contributed by atoms with van der Waals surface area (Å²) in [5.41, 5.74) is 2.95. The number of carbonyl (C=O) groups is 1. The number of terminal acetylenes is 1. The highest BCUT2D eigenvalue weighted by atomic mass is 32.2. The molecule has 0 spiro atoms. The van der Waals surface area contributed by atoms with Crippen molar-refractivity contribution in [2.24, 2.45) is 0 Å². The molecule has 6 nitrogen and oxygen atoms in total. The van der Waals surface area contributed by atoms with E-state index in [-0.39, 0.29) is 23.4 Å². The minimum Gasteiger partial charge on any atom is -0.325 e. The molecule has 1 aliphatic carbocycles. The Morgan fingerprint density at radius 1 is 1.21 bits per heavy atom. The Bertz CT molecular complexity index is 1040. The Hall–Kier alpha value is -2.66. The van der Waals surface area contributed by atoms with Crippen LogP contribution in [-0.4, -0.2) is 50.7 Å². The van der Waals surface area contributed by atoms with Crippen LogP contribution in [0.15, 0.2) is 53.4 Å². The van der Waals surface area contributed by atoms with Crippen LogP contribution >= 0.6 is 0 Å². The molecule has 0 heterocycles. The first-order valence-electron chi connectivity index (χ1n) is 9.40. The van der Waals surface area contributed by atoms with Crippen LogP contribution in [0.1, 0.15) is 23.6 Å². The lowest BCUT2D eigenvalue weighted by atomic mass is 10.1. The number of carbonyl (C=O) groups excluding carboxylic acids is 1. The molecule has 0 bridgehead atoms. The van der Waals surface area contributed by atoms with Crippen molar-refractivity contribution in [1.82, 2.24) is 9.21 Å². The molecule has 0 radical (unpaired) electrons. The summed E-state index contributed by atoms with van der Waals surface area (Å²) in [6, 6.07) is 14.6. The van der Waals surface area contributed by atoms with E-state index in [1.54, 1.807) is 12.1 Å². The molecule has 2 aromatic carbocycles. The molecule has 1 unspecified atom stereocenters. The van der Waals surface area contributed by atoms with E-state index in [1.165, 1.54) is 37.4 Å². The number of rotatable bonds is 7. The number of hydrogen-bond acceptors (Lipinski definition) is 4. The maximum Gasteiger partial charge on any atom is 0.242 e. The SMILES string of the molecule is C#CCN(CC(=O)Nc1cccc(S(=O)(=O)N(C)C)c1)C1CCc2ccccc21. The smallest absolute Gasteiger partial charge is 0.242 e. The van der Waals surface area contributed by atoms with Crippen LogP contribution in [0.4, 0.5) is 5.69 Å². The highest BCUT2D eigenvalue weighted by Gasteiger charge is 2.28. The average molecular weight is 412 g/mol. The fraction of sp³-hybridized carbons (Fsp3) is 0.318. The lowest BCUT2D eigenvalue weighted by Crippen LogP contribution is -2.36. The van der Waals surface area contributed by atoms with E-state index in [0.717, 1.165) is 17.1 Å². The quantitative estimate of drug-likeness (QED) is 0.711. The second kappa shape index (κ2) is 8.78. The molecule has 3 rings (SSSR count). The summed E-state index contributed by atoms with van der Waals surface area (Å²) in [6.07, 6.45) is 7.43. The van der Waals surface area contributed by atoms with E-state index in [2.05, 4.69) is 23.4 Å². The molecular weight excluding hydrogens is 386 g/mol. The van der Waals surface area contributed by atoms with Crippen molar-refractivity contribution < 1.29 is 13.2 Å². The van der Waals surface area contributed by atoms with Crippen LogP contribution in [0.2, 0.25) is 0 Å². The van der Waals surface area contributed by atoms with Crippen LogP contribution in [-0.2, 0) is 21.2 Å². The summed E-state index contributed by atoms with van der Waals surface area (Å²) in [4.78, 5) is 14.8. The minimum atomic E-state index is -3.57. The van der Waals surface area contributed by atoms with Gasteiger partial charge in [0.25, 0.3) is 0 Å². The molecule has 0 saturated heterocycles. The van der Waals surface area contributed by atoms with E-state index >= 15 is 0 Å². The third-order valence-corrected chi connectivity index (χ3v) is 6.89. The first kappa shape index (κ1) is 21.1. The number of nitrogens with one attached hydrogen (secondary N) is 1. The zero-order valence-electron chi connectivity index (χ0n) is 16.6. The Labute approximate surface area is 172 Å². The molecule has 152 valence electrons. The molecule has 0 aromatic heterocycles. The van der Waals surface area contributed by atoms with Crippen molar-refractivity contribution in [3.8, 4) is 12.3 Å². The molecule has 1 aliphatic rings. The number of anilines is 1. The van der Waals surface area contributed by atoms with E-state index in [1.807, 2.05) is 17.0 Å². The number of fused-ring (bicyclic) bond motifs is 1. The van der Waals surface area contributed by atoms with E-state index in [4.69, 9.17) is 6.42 Å². The van der Waals surface area contributed by atoms with Crippen LogP contribution < -0.4 is 5.32 Å². The molecule has 29 heavy (non-hydrogen) atoms. The van der Waals surface area contributed by atoms with Crippen molar-refractivity contribution in [3.63, 3.8) is 0 Å². The maximum absolute atomic E-state index is 12.7. The Morgan fingerprint density at radius 2 is 1.97 bits per heavy atom. The van der Waals surface area contributed by atoms with Gasteiger partial charge in [0.2, 0.25) is 15.9 Å². The highest BCUT2D eigenvalue weighted by Crippen LogP contribution is 2.35. The van der Waals surface area contributed by atoms with Crippen molar-refractivity contribution in [2.75, 3.05) is 32.5 Å². The van der Waals surface area contributed by atoms with Gasteiger partial charge in [-0.05, 0) is 42.2 Å². The van der Waals surface area contributed by atoms with Gasteiger partial charge in [0, 0.05) is 25.8 Å². The normalized spacial score (nSPS) is 15.9. The first-order valence-corrected chi connectivity index (χ1v) is 10.8. The summed E-state index contributed by atoms with van der Waals surface area (Å²) in [7, 11) is -0.628. The second-order valence-electron chi connectivity index (χ2n) is 7.23.